The maximum absolute atomic E-state index is 5.62. The topological polar surface area (TPSA) is 0 Å². The molecule has 2 rings (SSSR count). The normalized spacial score (nSPS) is 13.5. The Bertz CT molecular complexity index is 352. The van der Waals surface area contributed by atoms with Crippen LogP contribution in [0.1, 0.15) is 18.4 Å². The second-order valence-electron chi connectivity index (χ2n) is 3.26. The SMILES string of the molecule is [B]c1ccc(C2=CCCC=C2)cc1.[Ho].[Ho]. The van der Waals surface area contributed by atoms with Crippen molar-refractivity contribution in [2.45, 2.75) is 12.8 Å². The van der Waals surface area contributed by atoms with Crippen molar-refractivity contribution in [1.82, 2.24) is 0 Å². The molecular weight excluding hydrogens is 485 g/mol. The summed E-state index contributed by atoms with van der Waals surface area (Å²) in [4.78, 5) is 0. The molecule has 0 bridgehead atoms. The van der Waals surface area contributed by atoms with Gasteiger partial charge in [-0.1, -0.05) is 48.0 Å². The smallest absolute Gasteiger partial charge is 0.0966 e. The van der Waals surface area contributed by atoms with E-state index < -0.39 is 0 Å². The summed E-state index contributed by atoms with van der Waals surface area (Å²) in [6.45, 7) is 0. The molecule has 0 aromatic heterocycles. The van der Waals surface area contributed by atoms with Gasteiger partial charge in [-0.3, -0.25) is 0 Å². The van der Waals surface area contributed by atoms with Gasteiger partial charge >= 0.3 is 0 Å². The molecule has 0 N–H and O–H groups in total. The van der Waals surface area contributed by atoms with E-state index in [-0.39, 0.29) is 75.5 Å². The molecule has 0 fully saturated rings. The molecule has 1 aliphatic carbocycles. The van der Waals surface area contributed by atoms with Crippen LogP contribution in [0.2, 0.25) is 0 Å². The van der Waals surface area contributed by atoms with Crippen LogP contribution < -0.4 is 5.46 Å². The summed E-state index contributed by atoms with van der Waals surface area (Å²) in [6, 6.07) is 8.02. The Hall–Kier alpha value is 1.28. The molecule has 84 valence electrons. The van der Waals surface area contributed by atoms with E-state index in [1.807, 2.05) is 12.1 Å². The first-order valence-corrected chi connectivity index (χ1v) is 4.59. The molecule has 4 radical (unpaired) electrons. The Morgan fingerprint density at radius 1 is 0.933 bits per heavy atom. The van der Waals surface area contributed by atoms with Crippen LogP contribution in [0.4, 0.5) is 0 Å². The molecule has 0 amide bonds. The van der Waals surface area contributed by atoms with Crippen molar-refractivity contribution in [2.75, 3.05) is 0 Å². The predicted molar refractivity (Wildman–Crippen MR) is 58.2 cm³/mol. The molecule has 0 unspecified atom stereocenters. The van der Waals surface area contributed by atoms with Crippen LogP contribution in [-0.2, 0) is 0 Å². The molecule has 1 aromatic rings. The van der Waals surface area contributed by atoms with E-state index in [1.54, 1.807) is 0 Å². The monoisotopic (exact) mass is 496 g/mol. The van der Waals surface area contributed by atoms with Gasteiger partial charge < -0.3 is 0 Å². The number of hydrogen-bond donors (Lipinski definition) is 0. The van der Waals surface area contributed by atoms with Crippen molar-refractivity contribution in [3.05, 3.63) is 48.1 Å². The first kappa shape index (κ1) is 16.3. The summed E-state index contributed by atoms with van der Waals surface area (Å²) in [5.41, 5.74) is 3.39. The second-order valence-corrected chi connectivity index (χ2v) is 3.26. The molecule has 1 aromatic carbocycles. The average Bonchev–Trinajstić information content (AvgIpc) is 2.20. The summed E-state index contributed by atoms with van der Waals surface area (Å²) in [7, 11) is 5.62. The van der Waals surface area contributed by atoms with Crippen LogP contribution in [0.15, 0.2) is 42.5 Å². The molecule has 0 spiro atoms. The van der Waals surface area contributed by atoms with Gasteiger partial charge in [-0.2, -0.15) is 0 Å². The first-order valence-electron chi connectivity index (χ1n) is 4.59. The largest absolute Gasteiger partial charge is 0.113 e. The minimum atomic E-state index is 0. The molecule has 15 heavy (non-hydrogen) atoms. The van der Waals surface area contributed by atoms with Gasteiger partial charge in [0.2, 0.25) is 0 Å². The first-order chi connectivity index (χ1) is 6.36. The van der Waals surface area contributed by atoms with Gasteiger partial charge in [-0.15, -0.1) is 0 Å². The van der Waals surface area contributed by atoms with Crippen LogP contribution in [0, 0.1) is 75.5 Å². The molecule has 0 heterocycles. The molecular formula is C12H11BHo2. The average molecular weight is 496 g/mol. The van der Waals surface area contributed by atoms with E-state index in [4.69, 9.17) is 7.85 Å². The van der Waals surface area contributed by atoms with E-state index in [0.29, 0.717) is 0 Å². The Kier molecular flexibility index (Phi) is 9.10. The Morgan fingerprint density at radius 3 is 2.13 bits per heavy atom. The van der Waals surface area contributed by atoms with Crippen molar-refractivity contribution < 1.29 is 75.5 Å². The van der Waals surface area contributed by atoms with Crippen molar-refractivity contribution in [3.63, 3.8) is 0 Å². The van der Waals surface area contributed by atoms with Crippen molar-refractivity contribution in [2.24, 2.45) is 0 Å². The molecule has 0 atom stereocenters. The van der Waals surface area contributed by atoms with Crippen molar-refractivity contribution in [1.29, 1.82) is 0 Å². The minimum Gasteiger partial charge on any atom is -0.0966 e. The number of benzene rings is 1. The fraction of sp³-hybridized carbons (Fsp3) is 0.167. The van der Waals surface area contributed by atoms with Crippen LogP contribution in [0.5, 0.6) is 0 Å². The molecule has 0 saturated heterocycles. The van der Waals surface area contributed by atoms with Gasteiger partial charge in [-0.25, -0.2) is 0 Å². The Labute approximate surface area is 153 Å². The summed E-state index contributed by atoms with van der Waals surface area (Å²) < 4.78 is 0. The van der Waals surface area contributed by atoms with Gasteiger partial charge in [0.25, 0.3) is 0 Å². The third-order valence-electron chi connectivity index (χ3n) is 2.24. The molecule has 0 aliphatic heterocycles. The summed E-state index contributed by atoms with van der Waals surface area (Å²) in [5, 5.41) is 0. The van der Waals surface area contributed by atoms with Gasteiger partial charge in [0.05, 0.1) is 0 Å². The second kappa shape index (κ2) is 8.39. The zero-order chi connectivity index (χ0) is 9.10. The summed E-state index contributed by atoms with van der Waals surface area (Å²) in [6.07, 6.45) is 8.97. The van der Waals surface area contributed by atoms with E-state index in [0.717, 1.165) is 11.9 Å². The van der Waals surface area contributed by atoms with Crippen molar-refractivity contribution in [3.8, 4) is 0 Å². The van der Waals surface area contributed by atoms with Crippen LogP contribution >= 0.6 is 0 Å². The Balaban J connectivity index is 0.000000980. The maximum atomic E-state index is 5.62. The van der Waals surface area contributed by atoms with Crippen LogP contribution in [0.25, 0.3) is 5.57 Å². The maximum Gasteiger partial charge on any atom is 0.113 e. The van der Waals surface area contributed by atoms with Crippen LogP contribution in [0.3, 0.4) is 0 Å². The molecule has 0 saturated carbocycles. The Morgan fingerprint density at radius 2 is 1.60 bits per heavy atom. The number of hydrogen-bond acceptors (Lipinski definition) is 0. The zero-order valence-electron chi connectivity index (χ0n) is 8.14. The molecule has 3 heteroatoms. The van der Waals surface area contributed by atoms with Crippen molar-refractivity contribution >= 4 is 18.9 Å². The number of allylic oxidation sites excluding steroid dienone is 4. The molecule has 1 aliphatic rings. The number of rotatable bonds is 1. The standard InChI is InChI=1S/C12H11B.2Ho/c13-12-8-6-11(7-9-12)10-4-2-1-3-5-10;;/h2,4-9H,1,3H2;;. The van der Waals surface area contributed by atoms with Crippen LogP contribution in [-0.4, -0.2) is 7.85 Å². The molecule has 0 nitrogen and oxygen atoms in total. The van der Waals surface area contributed by atoms with Gasteiger partial charge in [0.15, 0.2) is 0 Å². The summed E-state index contributed by atoms with van der Waals surface area (Å²) >= 11 is 0. The van der Waals surface area contributed by atoms with E-state index in [9.17, 15) is 0 Å². The van der Waals surface area contributed by atoms with Gasteiger partial charge in [-0.05, 0) is 24.0 Å². The predicted octanol–water partition coefficient (Wildman–Crippen LogP) is 2.21. The third kappa shape index (κ3) is 4.98. The summed E-state index contributed by atoms with van der Waals surface area (Å²) in [5.74, 6) is 0. The quantitative estimate of drug-likeness (QED) is 0.524. The zero-order valence-corrected chi connectivity index (χ0v) is 12.0. The fourth-order valence-corrected chi connectivity index (χ4v) is 1.50. The van der Waals surface area contributed by atoms with E-state index >= 15 is 0 Å². The van der Waals surface area contributed by atoms with E-state index in [2.05, 4.69) is 30.4 Å². The van der Waals surface area contributed by atoms with Gasteiger partial charge in [0, 0.05) is 75.5 Å². The minimum absolute atomic E-state index is 0. The van der Waals surface area contributed by atoms with E-state index in [1.165, 1.54) is 17.6 Å². The fourth-order valence-electron chi connectivity index (χ4n) is 1.50. The van der Waals surface area contributed by atoms with Gasteiger partial charge in [0.1, 0.15) is 7.85 Å². The third-order valence-corrected chi connectivity index (χ3v) is 2.24.